The monoisotopic (exact) mass is 236 g/mol. The van der Waals surface area contributed by atoms with Crippen LogP contribution in [0.2, 0.25) is 0 Å². The Balaban J connectivity index is 1.80. The van der Waals surface area contributed by atoms with Gasteiger partial charge in [0.2, 0.25) is 0 Å². The number of anilines is 1. The Bertz CT molecular complexity index is 691. The van der Waals surface area contributed by atoms with Crippen LogP contribution in [-0.2, 0) is 6.42 Å². The van der Waals surface area contributed by atoms with E-state index < -0.39 is 0 Å². The molecule has 1 unspecified atom stereocenters. The molecule has 4 nitrogen and oxygen atoms in total. The van der Waals surface area contributed by atoms with Crippen LogP contribution in [0.25, 0.3) is 11.2 Å². The summed E-state index contributed by atoms with van der Waals surface area (Å²) in [6, 6.07) is 10.8. The van der Waals surface area contributed by atoms with Crippen LogP contribution >= 0.6 is 0 Å². The molecule has 3 aromatic rings. The van der Waals surface area contributed by atoms with Crippen molar-refractivity contribution in [3.8, 4) is 0 Å². The summed E-state index contributed by atoms with van der Waals surface area (Å²) in [4.78, 5) is 11.6. The highest BCUT2D eigenvalue weighted by molar-refractivity contribution is 5.76. The predicted octanol–water partition coefficient (Wildman–Crippen LogP) is 2.67. The quantitative estimate of drug-likeness (QED) is 0.683. The minimum Gasteiger partial charge on any atom is -0.378 e. The molecule has 1 aromatic carbocycles. The Kier molecular flexibility index (Phi) is 1.91. The highest BCUT2D eigenvalue weighted by atomic mass is 15.0. The van der Waals surface area contributed by atoms with Crippen LogP contribution in [0.1, 0.15) is 17.2 Å². The SMILES string of the molecule is c1ccc2c(c1)CC(c1ccnc3nc[nH]c13)N2. The van der Waals surface area contributed by atoms with E-state index in [1.165, 1.54) is 16.8 Å². The van der Waals surface area contributed by atoms with Gasteiger partial charge < -0.3 is 10.3 Å². The van der Waals surface area contributed by atoms with Crippen LogP contribution in [0.4, 0.5) is 5.69 Å². The van der Waals surface area contributed by atoms with Gasteiger partial charge in [0, 0.05) is 17.4 Å². The maximum Gasteiger partial charge on any atom is 0.177 e. The second-order valence-electron chi connectivity index (χ2n) is 4.56. The second kappa shape index (κ2) is 3.57. The lowest BCUT2D eigenvalue weighted by Crippen LogP contribution is -2.06. The summed E-state index contributed by atoms with van der Waals surface area (Å²) in [7, 11) is 0. The predicted molar refractivity (Wildman–Crippen MR) is 70.4 cm³/mol. The van der Waals surface area contributed by atoms with Crippen LogP contribution in [-0.4, -0.2) is 15.0 Å². The number of para-hydroxylation sites is 1. The van der Waals surface area contributed by atoms with Crippen molar-refractivity contribution in [2.75, 3.05) is 5.32 Å². The average Bonchev–Trinajstić information content (AvgIpc) is 3.04. The zero-order valence-corrected chi connectivity index (χ0v) is 9.72. The lowest BCUT2D eigenvalue weighted by molar-refractivity contribution is 0.828. The number of fused-ring (bicyclic) bond motifs is 2. The van der Waals surface area contributed by atoms with E-state index in [0.717, 1.165) is 17.6 Å². The van der Waals surface area contributed by atoms with Crippen molar-refractivity contribution in [3.05, 3.63) is 54.0 Å². The summed E-state index contributed by atoms with van der Waals surface area (Å²) in [5.74, 6) is 0. The molecule has 0 spiro atoms. The van der Waals surface area contributed by atoms with Crippen LogP contribution in [0.3, 0.4) is 0 Å². The minimum atomic E-state index is 0.299. The van der Waals surface area contributed by atoms with Crippen LogP contribution in [0, 0.1) is 0 Å². The van der Waals surface area contributed by atoms with Gasteiger partial charge in [-0.3, -0.25) is 0 Å². The Morgan fingerprint density at radius 1 is 1.11 bits per heavy atom. The van der Waals surface area contributed by atoms with E-state index in [2.05, 4.69) is 50.6 Å². The van der Waals surface area contributed by atoms with Gasteiger partial charge in [-0.15, -0.1) is 0 Å². The molecule has 0 radical (unpaired) electrons. The van der Waals surface area contributed by atoms with Gasteiger partial charge in [0.15, 0.2) is 5.65 Å². The molecule has 1 aliphatic heterocycles. The Labute approximate surface area is 104 Å². The van der Waals surface area contributed by atoms with Gasteiger partial charge in [0.25, 0.3) is 0 Å². The summed E-state index contributed by atoms with van der Waals surface area (Å²) >= 11 is 0. The Hall–Kier alpha value is -2.36. The number of aromatic amines is 1. The molecule has 0 saturated heterocycles. The molecule has 88 valence electrons. The van der Waals surface area contributed by atoms with Crippen LogP contribution in [0.5, 0.6) is 0 Å². The number of hydrogen-bond donors (Lipinski definition) is 2. The molecule has 18 heavy (non-hydrogen) atoms. The average molecular weight is 236 g/mol. The number of H-pyrrole nitrogens is 1. The zero-order chi connectivity index (χ0) is 11.9. The van der Waals surface area contributed by atoms with Crippen LogP contribution < -0.4 is 5.32 Å². The number of nitrogens with zero attached hydrogens (tertiary/aromatic N) is 2. The maximum atomic E-state index is 4.25. The van der Waals surface area contributed by atoms with E-state index in [-0.39, 0.29) is 0 Å². The van der Waals surface area contributed by atoms with Crippen molar-refractivity contribution in [2.24, 2.45) is 0 Å². The van der Waals surface area contributed by atoms with Crippen molar-refractivity contribution < 1.29 is 0 Å². The van der Waals surface area contributed by atoms with E-state index in [9.17, 15) is 0 Å². The van der Waals surface area contributed by atoms with Crippen molar-refractivity contribution in [3.63, 3.8) is 0 Å². The smallest absolute Gasteiger partial charge is 0.177 e. The third kappa shape index (κ3) is 1.32. The van der Waals surface area contributed by atoms with E-state index in [1.807, 2.05) is 6.20 Å². The molecule has 0 aliphatic carbocycles. The lowest BCUT2D eigenvalue weighted by atomic mass is 10.0. The normalized spacial score (nSPS) is 17.7. The largest absolute Gasteiger partial charge is 0.378 e. The zero-order valence-electron chi connectivity index (χ0n) is 9.72. The lowest BCUT2D eigenvalue weighted by Gasteiger charge is -2.12. The van der Waals surface area contributed by atoms with Crippen molar-refractivity contribution in [1.82, 2.24) is 15.0 Å². The number of pyridine rings is 1. The Morgan fingerprint density at radius 2 is 2.06 bits per heavy atom. The summed E-state index contributed by atoms with van der Waals surface area (Å²) in [5.41, 5.74) is 5.64. The second-order valence-corrected chi connectivity index (χ2v) is 4.56. The maximum absolute atomic E-state index is 4.25. The number of benzene rings is 1. The fourth-order valence-corrected chi connectivity index (χ4v) is 2.64. The topological polar surface area (TPSA) is 53.6 Å². The fraction of sp³-hybridized carbons (Fsp3) is 0.143. The summed E-state index contributed by atoms with van der Waals surface area (Å²) < 4.78 is 0. The minimum absolute atomic E-state index is 0.299. The van der Waals surface area contributed by atoms with Gasteiger partial charge in [-0.2, -0.15) is 0 Å². The fourth-order valence-electron chi connectivity index (χ4n) is 2.64. The molecular formula is C14H12N4. The molecule has 1 atom stereocenters. The van der Waals surface area contributed by atoms with Crippen molar-refractivity contribution in [2.45, 2.75) is 12.5 Å². The first-order valence-corrected chi connectivity index (χ1v) is 6.04. The molecule has 3 heterocycles. The first-order chi connectivity index (χ1) is 8.92. The van der Waals surface area contributed by atoms with Gasteiger partial charge in [-0.1, -0.05) is 18.2 Å². The molecule has 1 aliphatic rings. The van der Waals surface area contributed by atoms with E-state index in [0.29, 0.717) is 6.04 Å². The van der Waals surface area contributed by atoms with Crippen LogP contribution in [0.15, 0.2) is 42.9 Å². The molecule has 4 heteroatoms. The van der Waals surface area contributed by atoms with E-state index >= 15 is 0 Å². The number of nitrogens with one attached hydrogen (secondary N) is 2. The highest BCUT2D eigenvalue weighted by Crippen LogP contribution is 2.35. The molecule has 2 N–H and O–H groups in total. The molecule has 0 amide bonds. The molecule has 4 rings (SSSR count). The van der Waals surface area contributed by atoms with Gasteiger partial charge in [-0.05, 0) is 24.1 Å². The summed E-state index contributed by atoms with van der Waals surface area (Å²) in [5, 5.41) is 3.56. The van der Waals surface area contributed by atoms with Gasteiger partial charge in [0.1, 0.15) is 0 Å². The third-order valence-electron chi connectivity index (χ3n) is 3.51. The van der Waals surface area contributed by atoms with E-state index in [4.69, 9.17) is 0 Å². The van der Waals surface area contributed by atoms with Crippen molar-refractivity contribution in [1.29, 1.82) is 0 Å². The molecular weight excluding hydrogens is 224 g/mol. The highest BCUT2D eigenvalue weighted by Gasteiger charge is 2.23. The first kappa shape index (κ1) is 9.65. The number of imidazole rings is 1. The number of hydrogen-bond acceptors (Lipinski definition) is 3. The third-order valence-corrected chi connectivity index (χ3v) is 3.51. The standard InChI is InChI=1S/C14H12N4/c1-2-4-11-9(3-1)7-12(18-11)10-5-6-15-14-13(10)16-8-17-14/h1-6,8,12,18H,7H2,(H,15,16,17). The first-order valence-electron chi connectivity index (χ1n) is 6.04. The van der Waals surface area contributed by atoms with Gasteiger partial charge in [0.05, 0.1) is 17.9 Å². The summed E-state index contributed by atoms with van der Waals surface area (Å²) in [6.07, 6.45) is 4.53. The van der Waals surface area contributed by atoms with Gasteiger partial charge >= 0.3 is 0 Å². The Morgan fingerprint density at radius 3 is 3.00 bits per heavy atom. The number of aromatic nitrogens is 3. The van der Waals surface area contributed by atoms with E-state index in [1.54, 1.807) is 6.33 Å². The number of rotatable bonds is 1. The molecule has 0 bridgehead atoms. The van der Waals surface area contributed by atoms with Gasteiger partial charge in [-0.25, -0.2) is 9.97 Å². The van der Waals surface area contributed by atoms with Crippen molar-refractivity contribution >= 4 is 16.9 Å². The summed E-state index contributed by atoms with van der Waals surface area (Å²) in [6.45, 7) is 0. The molecule has 0 saturated carbocycles. The molecule has 2 aromatic heterocycles. The molecule has 0 fully saturated rings.